The number of carbonyl (C=O) groups excluding carboxylic acids is 1. The fourth-order valence-corrected chi connectivity index (χ4v) is 2.00. The molecule has 0 aliphatic heterocycles. The molecule has 1 heterocycles. The molecule has 0 bridgehead atoms. The first-order chi connectivity index (χ1) is 10.8. The van der Waals surface area contributed by atoms with E-state index >= 15 is 0 Å². The number of nitrogens with zero attached hydrogens (tertiary/aromatic N) is 1. The highest BCUT2D eigenvalue weighted by atomic mass is 19.4. The van der Waals surface area contributed by atoms with Crippen LogP contribution in [0, 0.1) is 0 Å². The number of rotatable bonds is 5. The van der Waals surface area contributed by atoms with Crippen LogP contribution < -0.4 is 10.1 Å². The number of alkyl halides is 3. The third kappa shape index (κ3) is 5.61. The molecule has 122 valence electrons. The van der Waals surface area contributed by atoms with Crippen LogP contribution in [0.15, 0.2) is 48.8 Å². The SMILES string of the molecule is C[C@@H](NC(=O)Cc1ccc(OC(F)(F)F)cc1)c1cccnc1. The van der Waals surface area contributed by atoms with Gasteiger partial charge in [0.2, 0.25) is 5.91 Å². The van der Waals surface area contributed by atoms with E-state index in [1.165, 1.54) is 24.3 Å². The largest absolute Gasteiger partial charge is 0.573 e. The Kier molecular flexibility index (Phi) is 5.20. The second-order valence-corrected chi connectivity index (χ2v) is 4.94. The van der Waals surface area contributed by atoms with Gasteiger partial charge in [-0.05, 0) is 36.2 Å². The number of pyridine rings is 1. The Morgan fingerprint density at radius 1 is 1.26 bits per heavy atom. The molecule has 0 fully saturated rings. The number of amides is 1. The number of carbonyl (C=O) groups is 1. The third-order valence-corrected chi connectivity index (χ3v) is 3.08. The molecule has 1 N–H and O–H groups in total. The van der Waals surface area contributed by atoms with Gasteiger partial charge in [0.1, 0.15) is 5.75 Å². The number of aromatic nitrogens is 1. The van der Waals surface area contributed by atoms with Gasteiger partial charge < -0.3 is 10.1 Å². The van der Waals surface area contributed by atoms with Gasteiger partial charge in [0, 0.05) is 12.4 Å². The Balaban J connectivity index is 1.90. The maximum atomic E-state index is 12.1. The molecule has 0 spiro atoms. The van der Waals surface area contributed by atoms with Crippen LogP contribution in [0.5, 0.6) is 5.75 Å². The second kappa shape index (κ2) is 7.13. The molecule has 0 radical (unpaired) electrons. The number of hydrogen-bond acceptors (Lipinski definition) is 3. The van der Waals surface area contributed by atoms with Crippen molar-refractivity contribution in [2.75, 3.05) is 0 Å². The molecule has 1 aromatic carbocycles. The van der Waals surface area contributed by atoms with Crippen molar-refractivity contribution in [1.82, 2.24) is 10.3 Å². The minimum Gasteiger partial charge on any atom is -0.406 e. The van der Waals surface area contributed by atoms with E-state index in [4.69, 9.17) is 0 Å². The third-order valence-electron chi connectivity index (χ3n) is 3.08. The van der Waals surface area contributed by atoms with E-state index in [0.717, 1.165) is 5.56 Å². The summed E-state index contributed by atoms with van der Waals surface area (Å²) in [5.41, 5.74) is 1.46. The van der Waals surface area contributed by atoms with Crippen LogP contribution in [0.2, 0.25) is 0 Å². The maximum absolute atomic E-state index is 12.1. The summed E-state index contributed by atoms with van der Waals surface area (Å²) in [6, 6.07) is 8.63. The zero-order valence-corrected chi connectivity index (χ0v) is 12.3. The van der Waals surface area contributed by atoms with Crippen LogP contribution >= 0.6 is 0 Å². The van der Waals surface area contributed by atoms with Gasteiger partial charge in [0.05, 0.1) is 12.5 Å². The van der Waals surface area contributed by atoms with Crippen molar-refractivity contribution in [3.63, 3.8) is 0 Å². The normalized spacial score (nSPS) is 12.5. The van der Waals surface area contributed by atoms with Gasteiger partial charge >= 0.3 is 6.36 Å². The Morgan fingerprint density at radius 2 is 1.96 bits per heavy atom. The predicted octanol–water partition coefficient (Wildman–Crippen LogP) is 3.40. The quantitative estimate of drug-likeness (QED) is 0.917. The Hall–Kier alpha value is -2.57. The van der Waals surface area contributed by atoms with Gasteiger partial charge in [0.15, 0.2) is 0 Å². The topological polar surface area (TPSA) is 51.2 Å². The number of nitrogens with one attached hydrogen (secondary N) is 1. The minimum absolute atomic E-state index is 0.0664. The van der Waals surface area contributed by atoms with Gasteiger partial charge in [-0.25, -0.2) is 0 Å². The summed E-state index contributed by atoms with van der Waals surface area (Å²) in [6.07, 6.45) is -1.36. The van der Waals surface area contributed by atoms with Crippen molar-refractivity contribution in [3.8, 4) is 5.75 Å². The van der Waals surface area contributed by atoms with Crippen molar-refractivity contribution in [3.05, 3.63) is 59.9 Å². The second-order valence-electron chi connectivity index (χ2n) is 4.94. The lowest BCUT2D eigenvalue weighted by molar-refractivity contribution is -0.274. The highest BCUT2D eigenvalue weighted by Gasteiger charge is 2.30. The molecule has 1 aromatic heterocycles. The lowest BCUT2D eigenvalue weighted by Gasteiger charge is -2.14. The smallest absolute Gasteiger partial charge is 0.406 e. The Labute approximate surface area is 131 Å². The summed E-state index contributed by atoms with van der Waals surface area (Å²) in [5.74, 6) is -0.545. The lowest BCUT2D eigenvalue weighted by atomic mass is 10.1. The van der Waals surface area contributed by atoms with Crippen LogP contribution in [-0.4, -0.2) is 17.3 Å². The molecular formula is C16H15F3N2O2. The summed E-state index contributed by atoms with van der Waals surface area (Å²) in [6.45, 7) is 1.83. The fraction of sp³-hybridized carbons (Fsp3) is 0.250. The van der Waals surface area contributed by atoms with Crippen molar-refractivity contribution >= 4 is 5.91 Å². The number of benzene rings is 1. The molecule has 0 saturated carbocycles. The van der Waals surface area contributed by atoms with E-state index in [0.29, 0.717) is 5.56 Å². The first-order valence-corrected chi connectivity index (χ1v) is 6.87. The molecule has 0 aliphatic rings. The molecule has 4 nitrogen and oxygen atoms in total. The average molecular weight is 324 g/mol. The molecule has 0 aliphatic carbocycles. The maximum Gasteiger partial charge on any atom is 0.573 e. The van der Waals surface area contributed by atoms with Crippen molar-refractivity contribution in [2.45, 2.75) is 25.7 Å². The Bertz CT molecular complexity index is 643. The molecule has 23 heavy (non-hydrogen) atoms. The van der Waals surface area contributed by atoms with E-state index < -0.39 is 6.36 Å². The summed E-state index contributed by atoms with van der Waals surface area (Å²) < 4.78 is 40.0. The molecule has 7 heteroatoms. The molecule has 0 saturated heterocycles. The van der Waals surface area contributed by atoms with Gasteiger partial charge in [-0.2, -0.15) is 0 Å². The predicted molar refractivity (Wildman–Crippen MR) is 77.6 cm³/mol. The van der Waals surface area contributed by atoms with Crippen LogP contribution in [-0.2, 0) is 11.2 Å². The van der Waals surface area contributed by atoms with Gasteiger partial charge in [0.25, 0.3) is 0 Å². The van der Waals surface area contributed by atoms with Crippen LogP contribution in [0.4, 0.5) is 13.2 Å². The first-order valence-electron chi connectivity index (χ1n) is 6.87. The van der Waals surface area contributed by atoms with E-state index in [-0.39, 0.29) is 24.1 Å². The minimum atomic E-state index is -4.72. The van der Waals surface area contributed by atoms with Gasteiger partial charge in [-0.3, -0.25) is 9.78 Å². The first kappa shape index (κ1) is 16.8. The number of halogens is 3. The zero-order valence-electron chi connectivity index (χ0n) is 12.3. The number of hydrogen-bond donors (Lipinski definition) is 1. The van der Waals surface area contributed by atoms with Gasteiger partial charge in [-0.15, -0.1) is 13.2 Å². The average Bonchev–Trinajstić information content (AvgIpc) is 2.48. The number of ether oxygens (including phenoxy) is 1. The molecule has 1 atom stereocenters. The summed E-state index contributed by atoms with van der Waals surface area (Å²) in [7, 11) is 0. The Morgan fingerprint density at radius 3 is 2.52 bits per heavy atom. The van der Waals surface area contributed by atoms with Crippen molar-refractivity contribution < 1.29 is 22.7 Å². The lowest BCUT2D eigenvalue weighted by Crippen LogP contribution is -2.28. The van der Waals surface area contributed by atoms with E-state index in [1.807, 2.05) is 13.0 Å². The van der Waals surface area contributed by atoms with E-state index in [1.54, 1.807) is 18.5 Å². The summed E-state index contributed by atoms with van der Waals surface area (Å²) in [5, 5.41) is 2.81. The molecule has 1 amide bonds. The monoisotopic (exact) mass is 324 g/mol. The summed E-state index contributed by atoms with van der Waals surface area (Å²) >= 11 is 0. The van der Waals surface area contributed by atoms with E-state index in [9.17, 15) is 18.0 Å². The highest BCUT2D eigenvalue weighted by Crippen LogP contribution is 2.22. The van der Waals surface area contributed by atoms with Crippen molar-refractivity contribution in [2.24, 2.45) is 0 Å². The van der Waals surface area contributed by atoms with Gasteiger partial charge in [-0.1, -0.05) is 18.2 Å². The van der Waals surface area contributed by atoms with E-state index in [2.05, 4.69) is 15.0 Å². The standard InChI is InChI=1S/C16H15F3N2O2/c1-11(13-3-2-8-20-10-13)21-15(22)9-12-4-6-14(7-5-12)23-16(17,18)19/h2-8,10-11H,9H2,1H3,(H,21,22)/t11-/m1/s1. The molecule has 2 rings (SSSR count). The van der Waals surface area contributed by atoms with Crippen LogP contribution in [0.1, 0.15) is 24.1 Å². The zero-order chi connectivity index (χ0) is 16.9. The highest BCUT2D eigenvalue weighted by molar-refractivity contribution is 5.79. The summed E-state index contributed by atoms with van der Waals surface area (Å²) in [4.78, 5) is 15.9. The molecule has 2 aromatic rings. The fourth-order valence-electron chi connectivity index (χ4n) is 2.00. The van der Waals surface area contributed by atoms with Crippen LogP contribution in [0.25, 0.3) is 0 Å². The van der Waals surface area contributed by atoms with Crippen molar-refractivity contribution in [1.29, 1.82) is 0 Å². The molecule has 0 unspecified atom stereocenters. The van der Waals surface area contributed by atoms with Crippen LogP contribution in [0.3, 0.4) is 0 Å². The molecular weight excluding hydrogens is 309 g/mol.